The van der Waals surface area contributed by atoms with Crippen molar-refractivity contribution < 1.29 is 23.8 Å². The van der Waals surface area contributed by atoms with E-state index in [1.807, 2.05) is 84.9 Å². The van der Waals surface area contributed by atoms with Crippen molar-refractivity contribution in [3.05, 3.63) is 115 Å². The Morgan fingerprint density at radius 2 is 1.50 bits per heavy atom. The van der Waals surface area contributed by atoms with Gasteiger partial charge < -0.3 is 14.2 Å². The van der Waals surface area contributed by atoms with Crippen LogP contribution in [0.3, 0.4) is 0 Å². The Kier molecular flexibility index (Phi) is 6.44. The maximum atomic E-state index is 13.0. The van der Waals surface area contributed by atoms with Crippen LogP contribution >= 0.6 is 0 Å². The van der Waals surface area contributed by atoms with E-state index in [4.69, 9.17) is 14.2 Å². The predicted octanol–water partition coefficient (Wildman–Crippen LogP) is 6.47. The Hall–Kier alpha value is -4.91. The number of fused-ring (bicyclic) bond motifs is 1. The summed E-state index contributed by atoms with van der Waals surface area (Å²) in [5.41, 5.74) is 3.36. The molecule has 2 heterocycles. The van der Waals surface area contributed by atoms with Crippen molar-refractivity contribution in [1.82, 2.24) is 9.55 Å². The highest BCUT2D eigenvalue weighted by Crippen LogP contribution is 2.33. The van der Waals surface area contributed by atoms with Crippen molar-refractivity contribution in [3.63, 3.8) is 0 Å². The molecule has 0 amide bonds. The maximum absolute atomic E-state index is 13.0. The number of benzene rings is 3. The number of pyridine rings is 1. The molecule has 0 unspecified atom stereocenters. The minimum atomic E-state index is -0.722. The summed E-state index contributed by atoms with van der Waals surface area (Å²) in [4.78, 5) is 29.8. The smallest absolute Gasteiger partial charge is 0.419 e. The van der Waals surface area contributed by atoms with E-state index in [1.54, 1.807) is 6.07 Å². The standard InChI is InChI=1S/C29H22N2O5/c1-34-28(32)25-16-24-26(31(25)29(33)35-19-20-8-4-2-5-9-20)17-30-18-27(24)36-23-14-12-22(13-15-23)21-10-6-3-7-11-21/h2-18H,19H2,1H3. The van der Waals surface area contributed by atoms with Crippen molar-refractivity contribution in [2.24, 2.45) is 0 Å². The van der Waals surface area contributed by atoms with E-state index in [0.717, 1.165) is 21.3 Å². The zero-order valence-corrected chi connectivity index (χ0v) is 19.5. The summed E-state index contributed by atoms with van der Waals surface area (Å²) in [5, 5.41) is 0.522. The van der Waals surface area contributed by atoms with Crippen molar-refractivity contribution in [3.8, 4) is 22.6 Å². The van der Waals surface area contributed by atoms with Crippen LogP contribution in [-0.4, -0.2) is 28.7 Å². The topological polar surface area (TPSA) is 79.7 Å². The number of hydrogen-bond acceptors (Lipinski definition) is 6. The first-order valence-electron chi connectivity index (χ1n) is 11.3. The first-order valence-corrected chi connectivity index (χ1v) is 11.3. The molecule has 5 aromatic rings. The summed E-state index contributed by atoms with van der Waals surface area (Å²) in [6.45, 7) is 0.0529. The third kappa shape index (κ3) is 4.67. The van der Waals surface area contributed by atoms with Crippen LogP contribution in [0.15, 0.2) is 103 Å². The number of aromatic nitrogens is 2. The van der Waals surface area contributed by atoms with E-state index in [1.165, 1.54) is 19.5 Å². The highest BCUT2D eigenvalue weighted by molar-refractivity contribution is 6.03. The van der Waals surface area contributed by atoms with Crippen molar-refractivity contribution in [2.75, 3.05) is 7.11 Å². The lowest BCUT2D eigenvalue weighted by Crippen LogP contribution is -2.19. The van der Waals surface area contributed by atoms with Gasteiger partial charge in [0.25, 0.3) is 0 Å². The summed E-state index contributed by atoms with van der Waals surface area (Å²) in [6, 6.07) is 28.5. The van der Waals surface area contributed by atoms with Crippen LogP contribution in [0, 0.1) is 0 Å². The van der Waals surface area contributed by atoms with Gasteiger partial charge in [0.15, 0.2) is 5.75 Å². The molecule has 0 radical (unpaired) electrons. The number of carbonyl (C=O) groups is 2. The second-order valence-corrected chi connectivity index (χ2v) is 7.96. The van der Waals surface area contributed by atoms with E-state index in [-0.39, 0.29) is 12.3 Å². The third-order valence-electron chi connectivity index (χ3n) is 5.66. The van der Waals surface area contributed by atoms with E-state index in [9.17, 15) is 9.59 Å². The van der Waals surface area contributed by atoms with Crippen molar-refractivity contribution in [2.45, 2.75) is 6.61 Å². The number of hydrogen-bond donors (Lipinski definition) is 0. The second-order valence-electron chi connectivity index (χ2n) is 7.96. The fourth-order valence-electron chi connectivity index (χ4n) is 3.88. The van der Waals surface area contributed by atoms with E-state index < -0.39 is 12.1 Å². The molecule has 2 aromatic heterocycles. The molecule has 0 fully saturated rings. The summed E-state index contributed by atoms with van der Waals surface area (Å²) in [5.74, 6) is 0.295. The van der Waals surface area contributed by atoms with Gasteiger partial charge >= 0.3 is 12.1 Å². The Morgan fingerprint density at radius 1 is 0.833 bits per heavy atom. The molecular weight excluding hydrogens is 456 g/mol. The van der Waals surface area contributed by atoms with Crippen LogP contribution < -0.4 is 4.74 Å². The van der Waals surface area contributed by atoms with Crippen LogP contribution in [0.5, 0.6) is 11.5 Å². The Bertz CT molecular complexity index is 1510. The minimum Gasteiger partial charge on any atom is -0.464 e. The maximum Gasteiger partial charge on any atom is 0.419 e. The van der Waals surface area contributed by atoms with Gasteiger partial charge in [0.1, 0.15) is 18.1 Å². The van der Waals surface area contributed by atoms with Crippen LogP contribution in [-0.2, 0) is 16.1 Å². The highest BCUT2D eigenvalue weighted by Gasteiger charge is 2.24. The predicted molar refractivity (Wildman–Crippen MR) is 135 cm³/mol. The summed E-state index contributed by atoms with van der Waals surface area (Å²) in [6.07, 6.45) is 2.30. The van der Waals surface area contributed by atoms with Crippen LogP contribution in [0.25, 0.3) is 22.0 Å². The molecule has 0 spiro atoms. The van der Waals surface area contributed by atoms with Crippen molar-refractivity contribution in [1.29, 1.82) is 0 Å². The summed E-state index contributed by atoms with van der Waals surface area (Å²) >= 11 is 0. The number of rotatable bonds is 6. The largest absolute Gasteiger partial charge is 0.464 e. The lowest BCUT2D eigenvalue weighted by atomic mass is 10.1. The fourth-order valence-corrected chi connectivity index (χ4v) is 3.88. The van der Waals surface area contributed by atoms with Crippen LogP contribution in [0.1, 0.15) is 16.1 Å². The van der Waals surface area contributed by atoms with Gasteiger partial charge in [0.05, 0.1) is 25.0 Å². The summed E-state index contributed by atoms with van der Waals surface area (Å²) < 4.78 is 17.6. The van der Waals surface area contributed by atoms with Gasteiger partial charge in [-0.25, -0.2) is 14.2 Å². The average Bonchev–Trinajstić information content (AvgIpc) is 3.33. The monoisotopic (exact) mass is 478 g/mol. The van der Waals surface area contributed by atoms with Crippen molar-refractivity contribution >= 4 is 23.0 Å². The minimum absolute atomic E-state index is 0.0165. The molecule has 5 rings (SSSR count). The number of nitrogens with zero attached hydrogens (tertiary/aromatic N) is 2. The Morgan fingerprint density at radius 3 is 2.19 bits per heavy atom. The van der Waals surface area contributed by atoms with Gasteiger partial charge in [0, 0.05) is 5.39 Å². The highest BCUT2D eigenvalue weighted by atomic mass is 16.6. The van der Waals surface area contributed by atoms with E-state index in [2.05, 4.69) is 4.98 Å². The van der Waals surface area contributed by atoms with Gasteiger partial charge in [-0.3, -0.25) is 4.98 Å². The first kappa shape index (κ1) is 22.9. The molecule has 7 heteroatoms. The van der Waals surface area contributed by atoms with Crippen LogP contribution in [0.4, 0.5) is 4.79 Å². The molecule has 0 aliphatic heterocycles. The normalized spacial score (nSPS) is 10.7. The Balaban J connectivity index is 1.46. The first-order chi connectivity index (χ1) is 17.6. The number of ether oxygens (including phenoxy) is 3. The quantitative estimate of drug-likeness (QED) is 0.260. The average molecular weight is 479 g/mol. The molecule has 0 bridgehead atoms. The van der Waals surface area contributed by atoms with Gasteiger partial charge in [-0.05, 0) is 34.9 Å². The Labute approximate surface area is 207 Å². The fraction of sp³-hybridized carbons (Fsp3) is 0.0690. The van der Waals surface area contributed by atoms with Gasteiger partial charge in [-0.2, -0.15) is 0 Å². The zero-order chi connectivity index (χ0) is 24.9. The third-order valence-corrected chi connectivity index (χ3v) is 5.66. The SMILES string of the molecule is COC(=O)c1cc2c(Oc3ccc(-c4ccccc4)cc3)cncc2n1C(=O)OCc1ccccc1. The van der Waals surface area contributed by atoms with Gasteiger partial charge in [0.2, 0.25) is 0 Å². The van der Waals surface area contributed by atoms with E-state index >= 15 is 0 Å². The molecule has 0 aliphatic rings. The molecule has 0 saturated carbocycles. The number of methoxy groups -OCH3 is 1. The molecule has 7 nitrogen and oxygen atoms in total. The lowest BCUT2D eigenvalue weighted by molar-refractivity contribution is 0.0585. The van der Waals surface area contributed by atoms with E-state index in [0.29, 0.717) is 22.4 Å². The molecule has 0 aliphatic carbocycles. The molecular formula is C29H22N2O5. The number of carbonyl (C=O) groups excluding carboxylic acids is 2. The lowest BCUT2D eigenvalue weighted by Gasteiger charge is -2.10. The zero-order valence-electron chi connectivity index (χ0n) is 19.5. The number of esters is 1. The molecule has 36 heavy (non-hydrogen) atoms. The molecule has 0 saturated heterocycles. The molecule has 178 valence electrons. The summed E-state index contributed by atoms with van der Waals surface area (Å²) in [7, 11) is 1.25. The van der Waals surface area contributed by atoms with Crippen LogP contribution in [0.2, 0.25) is 0 Å². The van der Waals surface area contributed by atoms with Gasteiger partial charge in [-0.1, -0.05) is 72.8 Å². The molecule has 3 aromatic carbocycles. The molecule has 0 N–H and O–H groups in total. The second kappa shape index (κ2) is 10.1. The molecule has 0 atom stereocenters. The van der Waals surface area contributed by atoms with Gasteiger partial charge in [-0.15, -0.1) is 0 Å².